The van der Waals surface area contributed by atoms with Crippen LogP contribution in [-0.4, -0.2) is 3.72 Å². The van der Waals surface area contributed by atoms with Crippen LogP contribution < -0.4 is 0 Å². The maximum atomic E-state index is 4.12. The summed E-state index contributed by atoms with van der Waals surface area (Å²) in [5.74, 6) is 0. The molecule has 1 nitrogen and oxygen atoms in total. The van der Waals surface area contributed by atoms with Crippen LogP contribution in [0.2, 0.25) is 0 Å². The van der Waals surface area contributed by atoms with Gasteiger partial charge in [-0.15, -0.1) is 0 Å². The van der Waals surface area contributed by atoms with E-state index in [1.54, 1.807) is 6.20 Å². The summed E-state index contributed by atoms with van der Waals surface area (Å²) >= 11 is 2.21. The number of benzene rings is 1. The van der Waals surface area contributed by atoms with Gasteiger partial charge in [-0.05, 0) is 35.1 Å². The third-order valence-corrected chi connectivity index (χ3v) is 2.43. The van der Waals surface area contributed by atoms with E-state index in [0.29, 0.717) is 0 Å². The molecule has 0 N–H and O–H groups in total. The lowest BCUT2D eigenvalue weighted by atomic mass is 10.1. The van der Waals surface area contributed by atoms with Crippen LogP contribution in [0.15, 0.2) is 42.0 Å². The van der Waals surface area contributed by atoms with Gasteiger partial charge in [0.2, 0.25) is 0 Å². The van der Waals surface area contributed by atoms with Crippen molar-refractivity contribution in [2.24, 2.45) is 4.99 Å². The highest BCUT2D eigenvalue weighted by molar-refractivity contribution is 14.1. The fourth-order valence-electron chi connectivity index (χ4n) is 0.954. The number of aliphatic imine (C=N–C) groups is 1. The summed E-state index contributed by atoms with van der Waals surface area (Å²) in [6.45, 7) is 5.64. The Hall–Kier alpha value is -0.640. The standard InChI is InChI=1S/C10H10IN/c1-3-12-10(11)9-7-5-4-6-8(9)2/h3-7H,1H2,2H3. The number of rotatable bonds is 2. The molecule has 62 valence electrons. The van der Waals surface area contributed by atoms with Gasteiger partial charge in [-0.1, -0.05) is 30.8 Å². The van der Waals surface area contributed by atoms with E-state index in [2.05, 4.69) is 53.2 Å². The number of nitrogens with zero attached hydrogens (tertiary/aromatic N) is 1. The molecule has 1 rings (SSSR count). The maximum absolute atomic E-state index is 4.12. The van der Waals surface area contributed by atoms with Crippen molar-refractivity contribution >= 4 is 26.3 Å². The highest BCUT2D eigenvalue weighted by atomic mass is 127. The lowest BCUT2D eigenvalue weighted by molar-refractivity contribution is 1.44. The van der Waals surface area contributed by atoms with Crippen molar-refractivity contribution in [3.63, 3.8) is 0 Å². The summed E-state index contributed by atoms with van der Waals surface area (Å²) < 4.78 is 0.987. The topological polar surface area (TPSA) is 12.4 Å². The zero-order valence-electron chi connectivity index (χ0n) is 6.92. The lowest BCUT2D eigenvalue weighted by Crippen LogP contribution is -1.92. The molecule has 0 saturated carbocycles. The van der Waals surface area contributed by atoms with E-state index in [9.17, 15) is 0 Å². The Labute approximate surface area is 86.4 Å². The number of hydrogen-bond donors (Lipinski definition) is 0. The molecule has 0 bridgehead atoms. The van der Waals surface area contributed by atoms with E-state index in [1.165, 1.54) is 11.1 Å². The Morgan fingerprint density at radius 3 is 2.75 bits per heavy atom. The van der Waals surface area contributed by atoms with E-state index >= 15 is 0 Å². The summed E-state index contributed by atoms with van der Waals surface area (Å²) in [7, 11) is 0. The normalized spacial score (nSPS) is 11.3. The van der Waals surface area contributed by atoms with Crippen molar-refractivity contribution in [1.29, 1.82) is 0 Å². The Morgan fingerprint density at radius 1 is 1.50 bits per heavy atom. The minimum absolute atomic E-state index is 0.987. The molecule has 1 aromatic carbocycles. The summed E-state index contributed by atoms with van der Waals surface area (Å²) in [4.78, 5) is 4.12. The molecule has 0 unspecified atom stereocenters. The van der Waals surface area contributed by atoms with Crippen LogP contribution in [0.25, 0.3) is 0 Å². The Bertz CT molecular complexity index is 315. The first-order valence-corrected chi connectivity index (χ1v) is 4.74. The molecule has 0 radical (unpaired) electrons. The minimum Gasteiger partial charge on any atom is -0.250 e. The number of hydrogen-bond acceptors (Lipinski definition) is 1. The Kier molecular flexibility index (Phi) is 3.47. The Morgan fingerprint density at radius 2 is 2.17 bits per heavy atom. The highest BCUT2D eigenvalue weighted by Gasteiger charge is 1.99. The highest BCUT2D eigenvalue weighted by Crippen LogP contribution is 2.12. The molecule has 0 fully saturated rings. The first-order chi connectivity index (χ1) is 5.75. The van der Waals surface area contributed by atoms with Crippen LogP contribution in [0, 0.1) is 6.92 Å². The molecule has 0 heterocycles. The molecule has 2 heteroatoms. The zero-order valence-corrected chi connectivity index (χ0v) is 9.08. The van der Waals surface area contributed by atoms with Gasteiger partial charge in [-0.2, -0.15) is 0 Å². The summed E-state index contributed by atoms with van der Waals surface area (Å²) in [6, 6.07) is 8.17. The lowest BCUT2D eigenvalue weighted by Gasteiger charge is -2.01. The number of aryl methyl sites for hydroxylation is 1. The fraction of sp³-hybridized carbons (Fsp3) is 0.100. The second-order valence-electron chi connectivity index (χ2n) is 2.42. The van der Waals surface area contributed by atoms with Crippen molar-refractivity contribution in [2.75, 3.05) is 0 Å². The minimum atomic E-state index is 0.987. The maximum Gasteiger partial charge on any atom is 0.108 e. The quantitative estimate of drug-likeness (QED) is 0.578. The molecule has 12 heavy (non-hydrogen) atoms. The van der Waals surface area contributed by atoms with E-state index in [1.807, 2.05) is 12.1 Å². The van der Waals surface area contributed by atoms with Crippen molar-refractivity contribution in [3.05, 3.63) is 48.2 Å². The van der Waals surface area contributed by atoms with Crippen molar-refractivity contribution in [2.45, 2.75) is 6.92 Å². The molecule has 0 saturated heterocycles. The molecule has 0 amide bonds. The number of halogens is 1. The SMILES string of the molecule is C=CN=C(I)c1ccccc1C. The van der Waals surface area contributed by atoms with Gasteiger partial charge in [0.25, 0.3) is 0 Å². The summed E-state index contributed by atoms with van der Waals surface area (Å²) in [6.07, 6.45) is 1.56. The van der Waals surface area contributed by atoms with E-state index < -0.39 is 0 Å². The molecule has 0 aromatic heterocycles. The molecular weight excluding hydrogens is 261 g/mol. The van der Waals surface area contributed by atoms with Crippen LogP contribution >= 0.6 is 22.6 Å². The van der Waals surface area contributed by atoms with Gasteiger partial charge in [-0.25, -0.2) is 0 Å². The monoisotopic (exact) mass is 271 g/mol. The van der Waals surface area contributed by atoms with Gasteiger partial charge < -0.3 is 0 Å². The second-order valence-corrected chi connectivity index (χ2v) is 3.44. The Balaban J connectivity index is 3.10. The summed E-state index contributed by atoms with van der Waals surface area (Å²) in [5, 5.41) is 0. The van der Waals surface area contributed by atoms with Gasteiger partial charge in [-0.3, -0.25) is 4.99 Å². The van der Waals surface area contributed by atoms with Gasteiger partial charge >= 0.3 is 0 Å². The van der Waals surface area contributed by atoms with Crippen LogP contribution in [0.5, 0.6) is 0 Å². The predicted molar refractivity (Wildman–Crippen MR) is 61.9 cm³/mol. The third-order valence-electron chi connectivity index (χ3n) is 1.57. The molecule has 0 aliphatic rings. The second kappa shape index (κ2) is 4.40. The first kappa shape index (κ1) is 9.45. The van der Waals surface area contributed by atoms with Gasteiger partial charge in [0.15, 0.2) is 0 Å². The average Bonchev–Trinajstić information content (AvgIpc) is 2.05. The molecule has 0 atom stereocenters. The van der Waals surface area contributed by atoms with Gasteiger partial charge in [0.1, 0.15) is 3.72 Å². The zero-order chi connectivity index (χ0) is 8.97. The molecular formula is C10H10IN. The molecule has 0 aliphatic heterocycles. The van der Waals surface area contributed by atoms with Gasteiger partial charge in [0, 0.05) is 11.8 Å². The largest absolute Gasteiger partial charge is 0.250 e. The third kappa shape index (κ3) is 2.17. The first-order valence-electron chi connectivity index (χ1n) is 3.66. The molecule has 0 spiro atoms. The average molecular weight is 271 g/mol. The van der Waals surface area contributed by atoms with Crippen LogP contribution in [0.4, 0.5) is 0 Å². The van der Waals surface area contributed by atoms with Crippen LogP contribution in [-0.2, 0) is 0 Å². The van der Waals surface area contributed by atoms with Crippen molar-refractivity contribution in [1.82, 2.24) is 0 Å². The summed E-state index contributed by atoms with van der Waals surface area (Å²) in [5.41, 5.74) is 2.42. The predicted octanol–water partition coefficient (Wildman–Crippen LogP) is 3.32. The van der Waals surface area contributed by atoms with E-state index in [-0.39, 0.29) is 0 Å². The smallest absolute Gasteiger partial charge is 0.108 e. The molecule has 0 aliphatic carbocycles. The van der Waals surface area contributed by atoms with Crippen LogP contribution in [0.1, 0.15) is 11.1 Å². The van der Waals surface area contributed by atoms with Crippen molar-refractivity contribution in [3.8, 4) is 0 Å². The fourth-order valence-corrected chi connectivity index (χ4v) is 1.76. The van der Waals surface area contributed by atoms with Gasteiger partial charge in [0.05, 0.1) is 0 Å². The van der Waals surface area contributed by atoms with E-state index in [0.717, 1.165) is 3.72 Å². The molecule has 1 aromatic rings. The van der Waals surface area contributed by atoms with Crippen molar-refractivity contribution < 1.29 is 0 Å². The van der Waals surface area contributed by atoms with Crippen LogP contribution in [0.3, 0.4) is 0 Å². The van der Waals surface area contributed by atoms with E-state index in [4.69, 9.17) is 0 Å².